The number of halogens is 5. The molecule has 0 saturated carbocycles. The maximum atomic E-state index is 12.9. The summed E-state index contributed by atoms with van der Waals surface area (Å²) in [5.41, 5.74) is -0.415. The summed E-state index contributed by atoms with van der Waals surface area (Å²) in [5, 5.41) is 2.70. The van der Waals surface area contributed by atoms with Crippen LogP contribution < -0.4 is 5.32 Å². The van der Waals surface area contributed by atoms with Crippen molar-refractivity contribution in [3.8, 4) is 0 Å². The van der Waals surface area contributed by atoms with E-state index in [0.717, 1.165) is 12.1 Å². The van der Waals surface area contributed by atoms with Gasteiger partial charge in [0.25, 0.3) is 0 Å². The fourth-order valence-electron chi connectivity index (χ4n) is 2.00. The summed E-state index contributed by atoms with van der Waals surface area (Å²) in [4.78, 5) is 10.8. The Bertz CT molecular complexity index is 530. The summed E-state index contributed by atoms with van der Waals surface area (Å²) in [5.74, 6) is -5.05. The van der Waals surface area contributed by atoms with Gasteiger partial charge in [-0.05, 0) is 11.6 Å². The molecule has 21 heavy (non-hydrogen) atoms. The largest absolute Gasteiger partial charge is 0.456 e. The van der Waals surface area contributed by atoms with Crippen LogP contribution >= 0.6 is 0 Å². The second kappa shape index (κ2) is 5.59. The van der Waals surface area contributed by atoms with Crippen LogP contribution in [0, 0.1) is 0 Å². The highest BCUT2D eigenvalue weighted by atomic mass is 19.4. The van der Waals surface area contributed by atoms with E-state index in [2.05, 4.69) is 10.1 Å². The maximum Gasteiger partial charge on any atom is 0.416 e. The van der Waals surface area contributed by atoms with Crippen molar-refractivity contribution >= 4 is 5.97 Å². The molecule has 0 bridgehead atoms. The topological polar surface area (TPSA) is 38.3 Å². The van der Waals surface area contributed by atoms with Crippen molar-refractivity contribution in [3.63, 3.8) is 0 Å². The molecule has 1 unspecified atom stereocenters. The summed E-state index contributed by atoms with van der Waals surface area (Å²) in [6.07, 6.45) is -6.13. The number of carbonyl (C=O) groups is 1. The van der Waals surface area contributed by atoms with E-state index in [1.54, 1.807) is 0 Å². The molecule has 8 heteroatoms. The minimum absolute atomic E-state index is 0.0441. The van der Waals surface area contributed by atoms with Gasteiger partial charge in [0.1, 0.15) is 6.10 Å². The summed E-state index contributed by atoms with van der Waals surface area (Å²) in [6.45, 7) is 0.0150. The lowest BCUT2D eigenvalue weighted by molar-refractivity contribution is -0.159. The Morgan fingerprint density at radius 2 is 2.05 bits per heavy atom. The van der Waals surface area contributed by atoms with Crippen LogP contribution in [0.5, 0.6) is 0 Å². The zero-order chi connectivity index (χ0) is 15.7. The number of rotatable bonds is 4. The zero-order valence-corrected chi connectivity index (χ0v) is 10.7. The molecule has 0 aliphatic carbocycles. The lowest BCUT2D eigenvalue weighted by Gasteiger charge is -2.11. The van der Waals surface area contributed by atoms with Gasteiger partial charge in [-0.3, -0.25) is 0 Å². The van der Waals surface area contributed by atoms with Gasteiger partial charge in [0.05, 0.1) is 12.0 Å². The van der Waals surface area contributed by atoms with E-state index < -0.39 is 36.2 Å². The molecule has 1 N–H and O–H groups in total. The maximum absolute atomic E-state index is 12.9. The van der Waals surface area contributed by atoms with Crippen molar-refractivity contribution in [2.45, 2.75) is 31.2 Å². The molecule has 1 saturated heterocycles. The summed E-state index contributed by atoms with van der Waals surface area (Å²) in [7, 11) is 0. The van der Waals surface area contributed by atoms with Crippen LogP contribution in [0.15, 0.2) is 24.3 Å². The first-order valence-corrected chi connectivity index (χ1v) is 6.14. The monoisotopic (exact) mass is 309 g/mol. The van der Waals surface area contributed by atoms with E-state index >= 15 is 0 Å². The molecule has 0 aromatic heterocycles. The molecule has 1 aliphatic rings. The molecule has 0 amide bonds. The van der Waals surface area contributed by atoms with Crippen LogP contribution in [-0.2, 0) is 22.3 Å². The lowest BCUT2D eigenvalue weighted by atomic mass is 10.1. The van der Waals surface area contributed by atoms with Gasteiger partial charge in [0.15, 0.2) is 0 Å². The summed E-state index contributed by atoms with van der Waals surface area (Å²) >= 11 is 0. The molecule has 116 valence electrons. The van der Waals surface area contributed by atoms with Gasteiger partial charge in [-0.15, -0.1) is 0 Å². The molecule has 3 nitrogen and oxygen atoms in total. The number of carbonyl (C=O) groups excluding carboxylic acids is 1. The number of ether oxygens (including phenoxy) is 1. The van der Waals surface area contributed by atoms with Gasteiger partial charge < -0.3 is 10.1 Å². The second-order valence-electron chi connectivity index (χ2n) is 4.76. The first-order valence-electron chi connectivity index (χ1n) is 6.14. The fraction of sp³-hybridized carbons (Fsp3) is 0.462. The van der Waals surface area contributed by atoms with E-state index in [-0.39, 0.29) is 13.1 Å². The van der Waals surface area contributed by atoms with Crippen LogP contribution in [0.4, 0.5) is 22.0 Å². The molecule has 1 aromatic carbocycles. The Balaban J connectivity index is 1.86. The van der Waals surface area contributed by atoms with Gasteiger partial charge in [0.2, 0.25) is 0 Å². The third-order valence-electron chi connectivity index (χ3n) is 3.01. The molecule has 1 heterocycles. The predicted molar refractivity (Wildman–Crippen MR) is 62.6 cm³/mol. The van der Waals surface area contributed by atoms with Crippen molar-refractivity contribution in [1.82, 2.24) is 5.32 Å². The SMILES string of the molecule is O=C1OC(CNCc2cccc(C(F)(F)F)c2)CC1(F)F. The summed E-state index contributed by atoms with van der Waals surface area (Å²) < 4.78 is 67.8. The molecule has 0 spiro atoms. The Hall–Kier alpha value is -1.70. The van der Waals surface area contributed by atoms with Gasteiger partial charge in [-0.25, -0.2) is 4.79 Å². The van der Waals surface area contributed by atoms with Gasteiger partial charge in [0, 0.05) is 13.1 Å². The standard InChI is InChI=1S/C13H12F5NO2/c14-12(15)5-10(21-11(12)20)7-19-6-8-2-1-3-9(4-8)13(16,17)18/h1-4,10,19H,5-7H2. The molecular weight excluding hydrogens is 297 g/mol. The normalized spacial score (nSPS) is 21.4. The van der Waals surface area contributed by atoms with Gasteiger partial charge in [-0.1, -0.05) is 18.2 Å². The number of nitrogens with one attached hydrogen (secondary N) is 1. The summed E-state index contributed by atoms with van der Waals surface area (Å²) in [6, 6.07) is 4.67. The average Bonchev–Trinajstić information content (AvgIpc) is 2.62. The molecule has 0 radical (unpaired) electrons. The van der Waals surface area contributed by atoms with E-state index in [1.165, 1.54) is 12.1 Å². The number of cyclic esters (lactones) is 1. The minimum atomic E-state index is -4.43. The Kier molecular flexibility index (Phi) is 4.18. The Morgan fingerprint density at radius 1 is 1.33 bits per heavy atom. The molecule has 1 atom stereocenters. The van der Waals surface area contributed by atoms with E-state index in [0.29, 0.717) is 5.56 Å². The first kappa shape index (κ1) is 15.7. The smallest absolute Gasteiger partial charge is 0.416 e. The molecule has 1 aliphatic heterocycles. The van der Waals surface area contributed by atoms with Gasteiger partial charge in [-0.2, -0.15) is 22.0 Å². The third kappa shape index (κ3) is 3.90. The molecule has 2 rings (SSSR count). The van der Waals surface area contributed by atoms with Crippen molar-refractivity contribution < 1.29 is 31.5 Å². The van der Waals surface area contributed by atoms with Crippen LogP contribution in [-0.4, -0.2) is 24.5 Å². The molecular formula is C13H12F5NO2. The number of benzene rings is 1. The highest BCUT2D eigenvalue weighted by Crippen LogP contribution is 2.31. The number of alkyl halides is 5. The lowest BCUT2D eigenvalue weighted by Crippen LogP contribution is -2.27. The van der Waals surface area contributed by atoms with Crippen LogP contribution in [0.1, 0.15) is 17.5 Å². The Morgan fingerprint density at radius 3 is 2.62 bits per heavy atom. The van der Waals surface area contributed by atoms with Crippen molar-refractivity contribution in [1.29, 1.82) is 0 Å². The van der Waals surface area contributed by atoms with Crippen LogP contribution in [0.3, 0.4) is 0 Å². The van der Waals surface area contributed by atoms with Crippen LogP contribution in [0.2, 0.25) is 0 Å². The number of hydrogen-bond acceptors (Lipinski definition) is 3. The quantitative estimate of drug-likeness (QED) is 0.686. The van der Waals surface area contributed by atoms with Crippen molar-refractivity contribution in [2.75, 3.05) is 6.54 Å². The fourth-order valence-corrected chi connectivity index (χ4v) is 2.00. The van der Waals surface area contributed by atoms with E-state index in [1.807, 2.05) is 0 Å². The first-order chi connectivity index (χ1) is 9.68. The van der Waals surface area contributed by atoms with Crippen molar-refractivity contribution in [2.24, 2.45) is 0 Å². The van der Waals surface area contributed by atoms with E-state index in [4.69, 9.17) is 0 Å². The molecule has 1 fully saturated rings. The predicted octanol–water partition coefficient (Wildman–Crippen LogP) is 2.75. The number of hydrogen-bond donors (Lipinski definition) is 1. The van der Waals surface area contributed by atoms with Crippen molar-refractivity contribution in [3.05, 3.63) is 35.4 Å². The minimum Gasteiger partial charge on any atom is -0.456 e. The van der Waals surface area contributed by atoms with Crippen LogP contribution in [0.25, 0.3) is 0 Å². The van der Waals surface area contributed by atoms with E-state index in [9.17, 15) is 26.7 Å². The second-order valence-corrected chi connectivity index (χ2v) is 4.76. The average molecular weight is 309 g/mol. The zero-order valence-electron chi connectivity index (χ0n) is 10.7. The highest BCUT2D eigenvalue weighted by molar-refractivity contribution is 5.79. The van der Waals surface area contributed by atoms with Gasteiger partial charge >= 0.3 is 18.1 Å². The highest BCUT2D eigenvalue weighted by Gasteiger charge is 2.50. The third-order valence-corrected chi connectivity index (χ3v) is 3.01. The Labute approximate surface area is 117 Å². The molecule has 1 aromatic rings. The number of esters is 1.